The third kappa shape index (κ3) is 4.75. The van der Waals surface area contributed by atoms with Crippen molar-refractivity contribution < 1.29 is 0 Å². The Morgan fingerprint density at radius 3 is 2.52 bits per heavy atom. The van der Waals surface area contributed by atoms with Gasteiger partial charge in [0.25, 0.3) is 0 Å². The van der Waals surface area contributed by atoms with E-state index in [1.165, 1.54) is 30.4 Å². The van der Waals surface area contributed by atoms with Crippen LogP contribution in [0.15, 0.2) is 54.9 Å². The molecule has 0 spiro atoms. The minimum Gasteiger partial charge on any atom is -0.345 e. The Kier molecular flexibility index (Phi) is 6.01. The van der Waals surface area contributed by atoms with Crippen molar-refractivity contribution in [2.45, 2.75) is 39.5 Å². The number of aryl methyl sites for hydroxylation is 2. The summed E-state index contributed by atoms with van der Waals surface area (Å²) in [5.41, 5.74) is 5.08. The molecule has 2 nitrogen and oxygen atoms in total. The largest absolute Gasteiger partial charge is 0.345 e. The van der Waals surface area contributed by atoms with Crippen molar-refractivity contribution in [1.29, 1.82) is 0 Å². The van der Waals surface area contributed by atoms with Crippen LogP contribution in [-0.4, -0.2) is 9.97 Å². The molecule has 0 fully saturated rings. The summed E-state index contributed by atoms with van der Waals surface area (Å²) in [6, 6.07) is 16.9. The van der Waals surface area contributed by atoms with E-state index >= 15 is 0 Å². The molecule has 0 bridgehead atoms. The van der Waals surface area contributed by atoms with Gasteiger partial charge in [0.05, 0.1) is 17.4 Å². The van der Waals surface area contributed by atoms with Crippen LogP contribution in [0.2, 0.25) is 0 Å². The molecule has 0 unspecified atom stereocenters. The fourth-order valence-electron chi connectivity index (χ4n) is 2.27. The summed E-state index contributed by atoms with van der Waals surface area (Å²) in [6.07, 6.45) is 6.69. The van der Waals surface area contributed by atoms with Gasteiger partial charge in [0, 0.05) is 0 Å². The maximum Gasteiger partial charge on any atom is 0.0931 e. The van der Waals surface area contributed by atoms with Crippen LogP contribution in [0.1, 0.15) is 37.8 Å². The van der Waals surface area contributed by atoms with E-state index in [9.17, 15) is 0 Å². The van der Waals surface area contributed by atoms with Crippen LogP contribution in [0.3, 0.4) is 0 Å². The van der Waals surface area contributed by atoms with Gasteiger partial charge in [-0.05, 0) is 42.5 Å². The number of benzene rings is 2. The molecule has 1 aromatic heterocycles. The lowest BCUT2D eigenvalue weighted by atomic mass is 10.0. The highest BCUT2D eigenvalue weighted by Gasteiger charge is 1.93. The molecule has 0 saturated carbocycles. The highest BCUT2D eigenvalue weighted by atomic mass is 14.9. The standard InChI is InChI=1S/C12H18.C7H6N2/c1-3-5-7-12-9-6-8-11(4-2)10-12;1-2-4-7-6(3-1)8-5-9-7/h6,8-10H,3-5,7H2,1-2H3;1-5H,(H,8,9). The molecule has 0 atom stereocenters. The Labute approximate surface area is 127 Å². The van der Waals surface area contributed by atoms with Crippen LogP contribution in [0.25, 0.3) is 11.0 Å². The third-order valence-corrected chi connectivity index (χ3v) is 3.55. The second-order valence-electron chi connectivity index (χ2n) is 5.20. The molecule has 0 aliphatic heterocycles. The first-order valence-electron chi connectivity index (χ1n) is 7.79. The first kappa shape index (κ1) is 15.3. The van der Waals surface area contributed by atoms with Gasteiger partial charge >= 0.3 is 0 Å². The van der Waals surface area contributed by atoms with Crippen molar-refractivity contribution in [2.24, 2.45) is 0 Å². The zero-order valence-corrected chi connectivity index (χ0v) is 13.0. The molecule has 0 radical (unpaired) electrons. The van der Waals surface area contributed by atoms with Gasteiger partial charge in [-0.15, -0.1) is 0 Å². The lowest BCUT2D eigenvalue weighted by Gasteiger charge is -2.01. The highest BCUT2D eigenvalue weighted by Crippen LogP contribution is 2.09. The monoisotopic (exact) mass is 280 g/mol. The Hall–Kier alpha value is -2.09. The number of rotatable bonds is 4. The fourth-order valence-corrected chi connectivity index (χ4v) is 2.27. The minimum atomic E-state index is 1.03. The Balaban J connectivity index is 0.000000159. The highest BCUT2D eigenvalue weighted by molar-refractivity contribution is 5.73. The summed E-state index contributed by atoms with van der Waals surface area (Å²) < 4.78 is 0. The van der Waals surface area contributed by atoms with E-state index < -0.39 is 0 Å². The molecule has 1 N–H and O–H groups in total. The predicted octanol–water partition coefficient (Wildman–Crippen LogP) is 5.15. The predicted molar refractivity (Wildman–Crippen MR) is 90.5 cm³/mol. The third-order valence-electron chi connectivity index (χ3n) is 3.55. The van der Waals surface area contributed by atoms with Crippen LogP contribution < -0.4 is 0 Å². The van der Waals surface area contributed by atoms with Gasteiger partial charge in [-0.1, -0.05) is 56.7 Å². The van der Waals surface area contributed by atoms with Gasteiger partial charge in [-0.2, -0.15) is 0 Å². The molecule has 3 aromatic rings. The molecule has 0 saturated heterocycles. The molecule has 2 aromatic carbocycles. The van der Waals surface area contributed by atoms with Crippen LogP contribution in [-0.2, 0) is 12.8 Å². The molecule has 0 aliphatic carbocycles. The van der Waals surface area contributed by atoms with Gasteiger partial charge in [-0.3, -0.25) is 0 Å². The second kappa shape index (κ2) is 8.25. The number of para-hydroxylation sites is 2. The number of nitrogens with zero attached hydrogens (tertiary/aromatic N) is 1. The first-order chi connectivity index (χ1) is 10.3. The SMILES string of the molecule is CCCCc1cccc(CC)c1.c1ccc2[nH]cnc2c1. The van der Waals surface area contributed by atoms with Crippen LogP contribution in [0, 0.1) is 0 Å². The van der Waals surface area contributed by atoms with Gasteiger partial charge < -0.3 is 4.98 Å². The molecule has 110 valence electrons. The number of H-pyrrole nitrogens is 1. The maximum atomic E-state index is 4.06. The van der Waals surface area contributed by atoms with E-state index in [4.69, 9.17) is 0 Å². The summed E-state index contributed by atoms with van der Waals surface area (Å²) in [4.78, 5) is 7.07. The van der Waals surface area contributed by atoms with Crippen molar-refractivity contribution in [3.05, 3.63) is 66.0 Å². The smallest absolute Gasteiger partial charge is 0.0931 e. The van der Waals surface area contributed by atoms with Gasteiger partial charge in [-0.25, -0.2) is 4.98 Å². The summed E-state index contributed by atoms with van der Waals surface area (Å²) in [5.74, 6) is 0. The number of imidazole rings is 1. The number of nitrogens with one attached hydrogen (secondary N) is 1. The molecular formula is C19H24N2. The molecule has 0 amide bonds. The van der Waals surface area contributed by atoms with Crippen molar-refractivity contribution in [2.75, 3.05) is 0 Å². The zero-order valence-electron chi connectivity index (χ0n) is 13.0. The van der Waals surface area contributed by atoms with Crippen molar-refractivity contribution in [3.8, 4) is 0 Å². The topological polar surface area (TPSA) is 28.7 Å². The minimum absolute atomic E-state index is 1.03. The van der Waals surface area contributed by atoms with E-state index in [-0.39, 0.29) is 0 Å². The number of hydrogen-bond donors (Lipinski definition) is 1. The molecule has 0 aliphatic rings. The van der Waals surface area contributed by atoms with E-state index in [2.05, 4.69) is 48.1 Å². The number of unbranched alkanes of at least 4 members (excludes halogenated alkanes) is 1. The lowest BCUT2D eigenvalue weighted by Crippen LogP contribution is -1.86. The quantitative estimate of drug-likeness (QED) is 0.703. The maximum absolute atomic E-state index is 4.06. The Bertz CT molecular complexity index is 625. The van der Waals surface area contributed by atoms with E-state index in [0.717, 1.165) is 17.5 Å². The van der Waals surface area contributed by atoms with Crippen molar-refractivity contribution >= 4 is 11.0 Å². The van der Waals surface area contributed by atoms with E-state index in [1.807, 2.05) is 24.3 Å². The average molecular weight is 280 g/mol. The fraction of sp³-hybridized carbons (Fsp3) is 0.316. The van der Waals surface area contributed by atoms with Crippen molar-refractivity contribution in [1.82, 2.24) is 9.97 Å². The summed E-state index contributed by atoms with van der Waals surface area (Å²) in [5, 5.41) is 0. The second-order valence-corrected chi connectivity index (χ2v) is 5.20. The van der Waals surface area contributed by atoms with Crippen LogP contribution in [0.4, 0.5) is 0 Å². The van der Waals surface area contributed by atoms with Crippen molar-refractivity contribution in [3.63, 3.8) is 0 Å². The van der Waals surface area contributed by atoms with Gasteiger partial charge in [0.1, 0.15) is 0 Å². The summed E-state index contributed by atoms with van der Waals surface area (Å²) >= 11 is 0. The lowest BCUT2D eigenvalue weighted by molar-refractivity contribution is 0.794. The zero-order chi connectivity index (χ0) is 14.9. The van der Waals surface area contributed by atoms with E-state index in [1.54, 1.807) is 6.33 Å². The summed E-state index contributed by atoms with van der Waals surface area (Å²) in [6.45, 7) is 4.45. The Morgan fingerprint density at radius 1 is 0.952 bits per heavy atom. The number of hydrogen-bond acceptors (Lipinski definition) is 1. The van der Waals surface area contributed by atoms with E-state index in [0.29, 0.717) is 0 Å². The first-order valence-corrected chi connectivity index (χ1v) is 7.79. The van der Waals surface area contributed by atoms with Gasteiger partial charge in [0.15, 0.2) is 0 Å². The number of aromatic nitrogens is 2. The van der Waals surface area contributed by atoms with Gasteiger partial charge in [0.2, 0.25) is 0 Å². The van der Waals surface area contributed by atoms with Crippen LogP contribution in [0.5, 0.6) is 0 Å². The number of aromatic amines is 1. The summed E-state index contributed by atoms with van der Waals surface area (Å²) in [7, 11) is 0. The molecule has 21 heavy (non-hydrogen) atoms. The molecule has 1 heterocycles. The normalized spacial score (nSPS) is 10.2. The average Bonchev–Trinajstić information content (AvgIpc) is 3.02. The molecule has 3 rings (SSSR count). The van der Waals surface area contributed by atoms with Crippen LogP contribution >= 0.6 is 0 Å². The molecular weight excluding hydrogens is 256 g/mol. The Morgan fingerprint density at radius 2 is 1.76 bits per heavy atom. The molecule has 2 heteroatoms. The number of fused-ring (bicyclic) bond motifs is 1.